The van der Waals surface area contributed by atoms with Gasteiger partial charge in [-0.15, -0.1) is 0 Å². The first-order valence-corrected chi connectivity index (χ1v) is 6.73. The molecule has 0 unspecified atom stereocenters. The van der Waals surface area contributed by atoms with E-state index in [1.165, 1.54) is 17.4 Å². The zero-order valence-corrected chi connectivity index (χ0v) is 11.4. The van der Waals surface area contributed by atoms with Gasteiger partial charge in [0.05, 0.1) is 0 Å². The summed E-state index contributed by atoms with van der Waals surface area (Å²) in [5.41, 5.74) is 6.81. The molecule has 8 heteroatoms. The van der Waals surface area contributed by atoms with E-state index in [9.17, 15) is 4.79 Å². The number of aryl methyl sites for hydroxylation is 1. The summed E-state index contributed by atoms with van der Waals surface area (Å²) in [6.45, 7) is 3.32. The van der Waals surface area contributed by atoms with Gasteiger partial charge < -0.3 is 15.8 Å². The van der Waals surface area contributed by atoms with Crippen molar-refractivity contribution in [1.82, 2.24) is 19.1 Å². The number of nitrogens with one attached hydrogen (secondary N) is 1. The summed E-state index contributed by atoms with van der Waals surface area (Å²) in [7, 11) is 1.68. The third-order valence-electron chi connectivity index (χ3n) is 3.44. The molecule has 0 aliphatic carbocycles. The second-order valence-electron chi connectivity index (χ2n) is 4.84. The molecular weight excluding hydrogens is 260 g/mol. The van der Waals surface area contributed by atoms with Crippen LogP contribution in [0.3, 0.4) is 0 Å². The lowest BCUT2D eigenvalue weighted by Gasteiger charge is -2.14. The van der Waals surface area contributed by atoms with E-state index in [1.54, 1.807) is 11.6 Å². The molecule has 1 fully saturated rings. The Morgan fingerprint density at radius 3 is 2.70 bits per heavy atom. The number of hydrogen-bond acceptors (Lipinski definition) is 6. The lowest BCUT2D eigenvalue weighted by atomic mass is 10.4. The average Bonchev–Trinajstić information content (AvgIpc) is 3.09. The van der Waals surface area contributed by atoms with Crippen LogP contribution in [0.25, 0.3) is 11.2 Å². The molecule has 0 bridgehead atoms. The van der Waals surface area contributed by atoms with Gasteiger partial charge in [-0.05, 0) is 12.8 Å². The van der Waals surface area contributed by atoms with Crippen molar-refractivity contribution >= 4 is 22.9 Å². The highest BCUT2D eigenvalue weighted by molar-refractivity contribution is 5.85. The van der Waals surface area contributed by atoms with Gasteiger partial charge in [0.15, 0.2) is 11.5 Å². The van der Waals surface area contributed by atoms with Gasteiger partial charge >= 0.3 is 5.69 Å². The van der Waals surface area contributed by atoms with Crippen molar-refractivity contribution in [1.29, 1.82) is 0 Å². The lowest BCUT2D eigenvalue weighted by molar-refractivity contribution is 0.198. The van der Waals surface area contributed by atoms with Crippen LogP contribution in [0.15, 0.2) is 4.79 Å². The van der Waals surface area contributed by atoms with E-state index in [0.29, 0.717) is 24.6 Å². The number of nitrogens with zero attached hydrogens (tertiary/aromatic N) is 4. The minimum Gasteiger partial charge on any atom is -0.381 e. The molecule has 4 rings (SSSR count). The van der Waals surface area contributed by atoms with E-state index >= 15 is 0 Å². The third-order valence-corrected chi connectivity index (χ3v) is 3.44. The molecule has 20 heavy (non-hydrogen) atoms. The Morgan fingerprint density at radius 1 is 1.30 bits per heavy atom. The van der Waals surface area contributed by atoms with Crippen molar-refractivity contribution in [3.8, 4) is 0 Å². The monoisotopic (exact) mass is 278 g/mol. The maximum Gasteiger partial charge on any atom is 0.330 e. The van der Waals surface area contributed by atoms with Crippen LogP contribution in [0.1, 0.15) is 12.8 Å². The Morgan fingerprint density at radius 2 is 2.05 bits per heavy atom. The van der Waals surface area contributed by atoms with Crippen molar-refractivity contribution in [3.05, 3.63) is 10.5 Å². The highest BCUT2D eigenvalue weighted by Gasteiger charge is 2.20. The van der Waals surface area contributed by atoms with Crippen molar-refractivity contribution in [2.24, 2.45) is 7.05 Å². The molecule has 0 aromatic carbocycles. The second-order valence-corrected chi connectivity index (χ2v) is 4.84. The molecule has 2 aliphatic heterocycles. The Bertz CT molecular complexity index is 678. The van der Waals surface area contributed by atoms with Crippen molar-refractivity contribution in [3.63, 3.8) is 0 Å². The van der Waals surface area contributed by atoms with Crippen LogP contribution in [0.4, 0.5) is 11.8 Å². The van der Waals surface area contributed by atoms with Crippen molar-refractivity contribution < 1.29 is 4.74 Å². The first kappa shape index (κ1) is 12.9. The predicted molar refractivity (Wildman–Crippen MR) is 75.7 cm³/mol. The van der Waals surface area contributed by atoms with E-state index in [0.717, 1.165) is 18.7 Å². The molecule has 1 saturated heterocycles. The van der Waals surface area contributed by atoms with E-state index in [-0.39, 0.29) is 11.6 Å². The highest BCUT2D eigenvalue weighted by Crippen LogP contribution is 2.22. The normalized spacial score (nSPS) is 16.6. The number of nitrogen functional groups attached to an aromatic ring is 1. The number of nitrogens with two attached hydrogens (primary N) is 1. The Balaban J connectivity index is 0.000000205. The van der Waals surface area contributed by atoms with E-state index in [2.05, 4.69) is 15.3 Å². The Kier molecular flexibility index (Phi) is 3.31. The number of anilines is 2. The fraction of sp³-hybridized carbons (Fsp3) is 0.583. The van der Waals surface area contributed by atoms with Crippen LogP contribution in [0, 0.1) is 0 Å². The summed E-state index contributed by atoms with van der Waals surface area (Å²) < 4.78 is 8.10. The number of hydrogen-bond donors (Lipinski definition) is 2. The Hall–Kier alpha value is -2.09. The minimum absolute atomic E-state index is 0.0762. The molecule has 0 spiro atoms. The fourth-order valence-electron chi connectivity index (χ4n) is 2.44. The first-order chi connectivity index (χ1) is 9.68. The maximum absolute atomic E-state index is 11.8. The summed E-state index contributed by atoms with van der Waals surface area (Å²) in [6.07, 6.45) is 2.56. The molecule has 3 N–H and O–H groups in total. The van der Waals surface area contributed by atoms with Crippen molar-refractivity contribution in [2.45, 2.75) is 19.4 Å². The molecular formula is C12H18N6O2. The van der Waals surface area contributed by atoms with Gasteiger partial charge in [-0.1, -0.05) is 0 Å². The van der Waals surface area contributed by atoms with Crippen LogP contribution < -0.4 is 16.7 Å². The smallest absolute Gasteiger partial charge is 0.330 e. The van der Waals surface area contributed by atoms with Gasteiger partial charge in [0.2, 0.25) is 5.95 Å². The van der Waals surface area contributed by atoms with E-state index < -0.39 is 0 Å². The zero-order chi connectivity index (χ0) is 14.1. The van der Waals surface area contributed by atoms with E-state index in [1.807, 2.05) is 0 Å². The quantitative estimate of drug-likeness (QED) is 0.700. The zero-order valence-electron chi connectivity index (χ0n) is 11.4. The van der Waals surface area contributed by atoms with Gasteiger partial charge in [-0.3, -0.25) is 9.13 Å². The molecule has 2 aromatic heterocycles. The molecule has 2 aromatic rings. The number of ether oxygens (including phenoxy) is 1. The SMILES string of the molecule is C1CCOC1.Cn1c(=O)n2c3c(nc(N)nc31)NCC2. The van der Waals surface area contributed by atoms with Gasteiger partial charge in [0, 0.05) is 33.4 Å². The molecule has 0 amide bonds. The third kappa shape index (κ3) is 2.11. The second kappa shape index (κ2) is 5.12. The molecule has 108 valence electrons. The largest absolute Gasteiger partial charge is 0.381 e. The fourth-order valence-corrected chi connectivity index (χ4v) is 2.44. The number of imidazole rings is 1. The Labute approximate surface area is 115 Å². The van der Waals surface area contributed by atoms with Crippen LogP contribution in [-0.4, -0.2) is 38.9 Å². The minimum atomic E-state index is -0.0762. The van der Waals surface area contributed by atoms with Crippen LogP contribution >= 0.6 is 0 Å². The number of aromatic nitrogens is 4. The molecule has 8 nitrogen and oxygen atoms in total. The summed E-state index contributed by atoms with van der Waals surface area (Å²) in [5, 5.41) is 3.10. The highest BCUT2D eigenvalue weighted by atomic mass is 16.5. The summed E-state index contributed by atoms with van der Waals surface area (Å²) in [6, 6.07) is 0. The molecule has 2 aliphatic rings. The van der Waals surface area contributed by atoms with E-state index in [4.69, 9.17) is 10.5 Å². The van der Waals surface area contributed by atoms with Crippen LogP contribution in [0.5, 0.6) is 0 Å². The lowest BCUT2D eigenvalue weighted by Crippen LogP contribution is -2.27. The predicted octanol–water partition coefficient (Wildman–Crippen LogP) is -0.0655. The van der Waals surface area contributed by atoms with Crippen molar-refractivity contribution in [2.75, 3.05) is 30.8 Å². The molecule has 4 heterocycles. The molecule has 0 radical (unpaired) electrons. The van der Waals surface area contributed by atoms with Gasteiger partial charge in [0.1, 0.15) is 5.52 Å². The maximum atomic E-state index is 11.8. The first-order valence-electron chi connectivity index (χ1n) is 6.73. The topological polar surface area (TPSA) is 100.0 Å². The van der Waals surface area contributed by atoms with Gasteiger partial charge in [-0.25, -0.2) is 4.79 Å². The van der Waals surface area contributed by atoms with Gasteiger partial charge in [0.25, 0.3) is 0 Å². The standard InChI is InChI=1S/C8H10N6O.C4H8O/c1-13-6-4-5(11-7(9)12-6)10-2-3-14(4)8(13)15;1-2-4-5-3-1/h2-3H2,1H3,(H3,9,10,11,12);1-4H2. The number of rotatable bonds is 0. The van der Waals surface area contributed by atoms with Gasteiger partial charge in [-0.2, -0.15) is 9.97 Å². The average molecular weight is 278 g/mol. The molecule has 0 saturated carbocycles. The van der Waals surface area contributed by atoms with Crippen LogP contribution in [0.2, 0.25) is 0 Å². The summed E-state index contributed by atoms with van der Waals surface area (Å²) in [5.74, 6) is 0.820. The molecule has 0 atom stereocenters. The summed E-state index contributed by atoms with van der Waals surface area (Å²) in [4.78, 5) is 19.9. The summed E-state index contributed by atoms with van der Waals surface area (Å²) >= 11 is 0. The van der Waals surface area contributed by atoms with Crippen LogP contribution in [-0.2, 0) is 18.3 Å².